The van der Waals surface area contributed by atoms with E-state index >= 15 is 0 Å². The maximum absolute atomic E-state index is 12.0. The molecule has 0 spiro atoms. The first-order valence-electron chi connectivity index (χ1n) is 5.57. The fourth-order valence-electron chi connectivity index (χ4n) is 1.30. The number of carboxylic acids is 1. The average molecular weight is 270 g/mol. The highest BCUT2D eigenvalue weighted by Gasteiger charge is 2.31. The number of carboxylic acid groups (broad SMARTS) is 1. The van der Waals surface area contributed by atoms with Gasteiger partial charge in [0.2, 0.25) is 0 Å². The molecule has 1 atom stereocenters. The van der Waals surface area contributed by atoms with Crippen molar-refractivity contribution in [3.63, 3.8) is 0 Å². The summed E-state index contributed by atoms with van der Waals surface area (Å²) in [5, 5.41) is 13.4. The summed E-state index contributed by atoms with van der Waals surface area (Å²) in [5.41, 5.74) is -1.28. The lowest BCUT2D eigenvalue weighted by molar-refractivity contribution is -0.143. The van der Waals surface area contributed by atoms with E-state index in [0.29, 0.717) is 0 Å². The van der Waals surface area contributed by atoms with Crippen molar-refractivity contribution in [3.05, 3.63) is 22.4 Å². The van der Waals surface area contributed by atoms with Crippen LogP contribution in [0, 0.1) is 0 Å². The van der Waals surface area contributed by atoms with Gasteiger partial charge in [-0.1, -0.05) is 6.07 Å². The Morgan fingerprint density at radius 2 is 2.11 bits per heavy atom. The van der Waals surface area contributed by atoms with Gasteiger partial charge in [-0.15, -0.1) is 11.3 Å². The predicted molar refractivity (Wildman–Crippen MR) is 70.7 cm³/mol. The van der Waals surface area contributed by atoms with E-state index in [1.807, 2.05) is 24.4 Å². The van der Waals surface area contributed by atoms with Crippen LogP contribution in [0.5, 0.6) is 0 Å². The maximum atomic E-state index is 12.0. The molecule has 0 fully saturated rings. The summed E-state index contributed by atoms with van der Waals surface area (Å²) < 4.78 is 0. The smallest absolute Gasteiger partial charge is 0.328 e. The van der Waals surface area contributed by atoms with Crippen LogP contribution >= 0.6 is 11.3 Å². The molecular formula is C12H18N2O3S. The Morgan fingerprint density at radius 1 is 1.50 bits per heavy atom. The lowest BCUT2D eigenvalue weighted by Crippen LogP contribution is -2.53. The Morgan fingerprint density at radius 3 is 2.56 bits per heavy atom. The Hall–Kier alpha value is -1.56. The molecule has 1 aromatic heterocycles. The highest BCUT2D eigenvalue weighted by atomic mass is 32.1. The average Bonchev–Trinajstić information content (AvgIpc) is 2.79. The summed E-state index contributed by atoms with van der Waals surface area (Å²) in [7, 11) is 1.65. The van der Waals surface area contributed by atoms with E-state index in [9.17, 15) is 9.59 Å². The SMILES string of the molecule is CC(c1cccs1)N(C)C(=O)NC(C)(C)C(=O)O. The number of nitrogens with zero attached hydrogens (tertiary/aromatic N) is 1. The van der Waals surface area contributed by atoms with Gasteiger partial charge in [0.05, 0.1) is 6.04 Å². The molecule has 6 heteroatoms. The lowest BCUT2D eigenvalue weighted by Gasteiger charge is -2.29. The summed E-state index contributed by atoms with van der Waals surface area (Å²) in [6, 6.07) is 3.38. The van der Waals surface area contributed by atoms with Crippen molar-refractivity contribution in [2.75, 3.05) is 7.05 Å². The number of aliphatic carboxylic acids is 1. The van der Waals surface area contributed by atoms with Crippen molar-refractivity contribution in [2.24, 2.45) is 0 Å². The number of carbonyl (C=O) groups excluding carboxylic acids is 1. The molecule has 5 nitrogen and oxygen atoms in total. The number of nitrogens with one attached hydrogen (secondary N) is 1. The van der Waals surface area contributed by atoms with Crippen LogP contribution in [0.3, 0.4) is 0 Å². The largest absolute Gasteiger partial charge is 0.480 e. The maximum Gasteiger partial charge on any atom is 0.328 e. The highest BCUT2D eigenvalue weighted by molar-refractivity contribution is 7.10. The second kappa shape index (κ2) is 5.39. The van der Waals surface area contributed by atoms with Crippen LogP contribution in [0.1, 0.15) is 31.7 Å². The summed E-state index contributed by atoms with van der Waals surface area (Å²) in [6.45, 7) is 4.81. The molecule has 0 aliphatic rings. The minimum absolute atomic E-state index is 0.0883. The van der Waals surface area contributed by atoms with Crippen LogP contribution in [0.25, 0.3) is 0 Å². The van der Waals surface area contributed by atoms with Crippen LogP contribution in [0.4, 0.5) is 4.79 Å². The van der Waals surface area contributed by atoms with Gasteiger partial charge < -0.3 is 15.3 Å². The third-order valence-electron chi connectivity index (χ3n) is 2.81. The number of hydrogen-bond donors (Lipinski definition) is 2. The number of thiophene rings is 1. The molecular weight excluding hydrogens is 252 g/mol. The molecule has 0 bridgehead atoms. The van der Waals surface area contributed by atoms with Crippen molar-refractivity contribution < 1.29 is 14.7 Å². The number of rotatable bonds is 4. The fraction of sp³-hybridized carbons (Fsp3) is 0.500. The van der Waals surface area contributed by atoms with E-state index in [4.69, 9.17) is 5.11 Å². The molecule has 0 aliphatic carbocycles. The highest BCUT2D eigenvalue weighted by Crippen LogP contribution is 2.23. The van der Waals surface area contributed by atoms with Gasteiger partial charge >= 0.3 is 12.0 Å². The number of urea groups is 1. The van der Waals surface area contributed by atoms with Gasteiger partial charge in [0.1, 0.15) is 5.54 Å². The van der Waals surface area contributed by atoms with E-state index in [1.54, 1.807) is 18.4 Å². The molecule has 2 amide bonds. The van der Waals surface area contributed by atoms with E-state index in [1.165, 1.54) is 18.7 Å². The van der Waals surface area contributed by atoms with Gasteiger partial charge in [0.15, 0.2) is 0 Å². The van der Waals surface area contributed by atoms with Gasteiger partial charge in [-0.25, -0.2) is 9.59 Å². The van der Waals surface area contributed by atoms with Gasteiger partial charge in [-0.2, -0.15) is 0 Å². The minimum Gasteiger partial charge on any atom is -0.480 e. The Bertz CT molecular complexity index is 429. The molecule has 1 aromatic rings. The molecule has 0 saturated carbocycles. The number of amides is 2. The van der Waals surface area contributed by atoms with Crippen molar-refractivity contribution in [2.45, 2.75) is 32.4 Å². The number of carbonyl (C=O) groups is 2. The summed E-state index contributed by atoms with van der Waals surface area (Å²) >= 11 is 1.56. The summed E-state index contributed by atoms with van der Waals surface area (Å²) in [4.78, 5) is 25.5. The first kappa shape index (κ1) is 14.5. The van der Waals surface area contributed by atoms with E-state index in [2.05, 4.69) is 5.32 Å². The van der Waals surface area contributed by atoms with Crippen LogP contribution in [0.2, 0.25) is 0 Å². The molecule has 1 unspecified atom stereocenters. The van der Waals surface area contributed by atoms with Crippen LogP contribution in [-0.4, -0.2) is 34.6 Å². The van der Waals surface area contributed by atoms with Crippen molar-refractivity contribution in [1.82, 2.24) is 10.2 Å². The van der Waals surface area contributed by atoms with Gasteiger partial charge in [0, 0.05) is 11.9 Å². The molecule has 1 heterocycles. The molecule has 0 radical (unpaired) electrons. The minimum atomic E-state index is -1.28. The van der Waals surface area contributed by atoms with E-state index < -0.39 is 17.5 Å². The first-order chi connectivity index (χ1) is 8.25. The monoisotopic (exact) mass is 270 g/mol. The van der Waals surface area contributed by atoms with Crippen LogP contribution < -0.4 is 5.32 Å². The molecule has 0 saturated heterocycles. The Balaban J connectivity index is 2.70. The van der Waals surface area contributed by atoms with Crippen LogP contribution in [-0.2, 0) is 4.79 Å². The summed E-state index contributed by atoms with van der Waals surface area (Å²) in [6.07, 6.45) is 0. The lowest BCUT2D eigenvalue weighted by atomic mass is 10.1. The van der Waals surface area contributed by atoms with Crippen LogP contribution in [0.15, 0.2) is 17.5 Å². The normalized spacial score (nSPS) is 12.9. The first-order valence-corrected chi connectivity index (χ1v) is 6.45. The van der Waals surface area contributed by atoms with Gasteiger partial charge in [-0.3, -0.25) is 0 Å². The summed E-state index contributed by atoms with van der Waals surface area (Å²) in [5.74, 6) is -1.06. The van der Waals surface area contributed by atoms with Crippen molar-refractivity contribution in [1.29, 1.82) is 0 Å². The Kier molecular flexibility index (Phi) is 4.34. The molecule has 100 valence electrons. The number of hydrogen-bond acceptors (Lipinski definition) is 3. The molecule has 0 aliphatic heterocycles. The predicted octanol–water partition coefficient (Wildman–Crippen LogP) is 2.31. The molecule has 2 N–H and O–H groups in total. The second-order valence-electron chi connectivity index (χ2n) is 4.66. The second-order valence-corrected chi connectivity index (χ2v) is 5.64. The standard InChI is InChI=1S/C12H18N2O3S/c1-8(9-6-5-7-18-9)14(4)11(17)13-12(2,3)10(15)16/h5-8H,1-4H3,(H,13,17)(H,15,16). The van der Waals surface area contributed by atoms with Crippen molar-refractivity contribution >= 4 is 23.3 Å². The quantitative estimate of drug-likeness (QED) is 0.882. The third-order valence-corrected chi connectivity index (χ3v) is 3.85. The zero-order valence-corrected chi connectivity index (χ0v) is 11.7. The van der Waals surface area contributed by atoms with Gasteiger partial charge in [-0.05, 0) is 32.2 Å². The molecule has 0 aromatic carbocycles. The fourth-order valence-corrected chi connectivity index (χ4v) is 2.13. The third kappa shape index (κ3) is 3.22. The molecule has 1 rings (SSSR count). The molecule has 18 heavy (non-hydrogen) atoms. The zero-order chi connectivity index (χ0) is 13.9. The Labute approximate surface area is 110 Å². The van der Waals surface area contributed by atoms with Gasteiger partial charge in [0.25, 0.3) is 0 Å². The van der Waals surface area contributed by atoms with Crippen molar-refractivity contribution in [3.8, 4) is 0 Å². The van der Waals surface area contributed by atoms with E-state index in [0.717, 1.165) is 4.88 Å². The topological polar surface area (TPSA) is 69.6 Å². The van der Waals surface area contributed by atoms with E-state index in [-0.39, 0.29) is 6.04 Å². The zero-order valence-electron chi connectivity index (χ0n) is 10.9.